The molecule has 1 aliphatic heterocycles. The van der Waals surface area contributed by atoms with Crippen LogP contribution in [0.5, 0.6) is 0 Å². The Bertz CT molecular complexity index is 1200. The Hall–Kier alpha value is -2.74. The van der Waals surface area contributed by atoms with Gasteiger partial charge in [-0.25, -0.2) is 0 Å². The quantitative estimate of drug-likeness (QED) is 0.335. The van der Waals surface area contributed by atoms with Gasteiger partial charge >= 0.3 is 5.91 Å². The van der Waals surface area contributed by atoms with E-state index in [2.05, 4.69) is 10.2 Å². The summed E-state index contributed by atoms with van der Waals surface area (Å²) in [7, 11) is 0. The molecule has 0 aliphatic carbocycles. The average Bonchev–Trinajstić information content (AvgIpc) is 3.25. The van der Waals surface area contributed by atoms with Crippen LogP contribution in [-0.2, 0) is 9.59 Å². The third-order valence-electron chi connectivity index (χ3n) is 4.75. The second-order valence-electron chi connectivity index (χ2n) is 6.81. The summed E-state index contributed by atoms with van der Waals surface area (Å²) >= 11 is 13.4. The molecule has 1 atom stereocenters. The first kappa shape index (κ1) is 20.5. The highest BCUT2D eigenvalue weighted by atomic mass is 35.5. The lowest BCUT2D eigenvalue weighted by atomic mass is 9.95. The molecule has 1 saturated heterocycles. The largest absolute Gasteiger partial charge is 0.507 e. The molecule has 1 aromatic heterocycles. The van der Waals surface area contributed by atoms with E-state index in [-0.39, 0.29) is 21.5 Å². The molecule has 0 unspecified atom stereocenters. The predicted molar refractivity (Wildman–Crippen MR) is 117 cm³/mol. The predicted octanol–water partition coefficient (Wildman–Crippen LogP) is 5.09. The molecule has 6 nitrogen and oxygen atoms in total. The van der Waals surface area contributed by atoms with E-state index in [0.29, 0.717) is 21.2 Å². The molecular formula is C21H15Cl2N3O3S. The molecule has 1 N–H and O–H groups in total. The van der Waals surface area contributed by atoms with Crippen molar-refractivity contribution in [3.63, 3.8) is 0 Å². The standard InChI is InChI=1S/C21H15Cl2N3O3S/c1-10-3-5-12(6-4-10)18(27)16-17(13-7-8-14(22)15(23)9-13)26(20(29)19(16)28)21-25-24-11(2)30-21/h3-9,17,27H,1-2H3/t17-/m1/s1. The third kappa shape index (κ3) is 3.49. The molecule has 0 radical (unpaired) electrons. The molecular weight excluding hydrogens is 445 g/mol. The Balaban J connectivity index is 1.96. The summed E-state index contributed by atoms with van der Waals surface area (Å²) in [5, 5.41) is 20.5. The van der Waals surface area contributed by atoms with Crippen LogP contribution in [0.3, 0.4) is 0 Å². The summed E-state index contributed by atoms with van der Waals surface area (Å²) < 4.78 is 0. The van der Waals surface area contributed by atoms with Gasteiger partial charge in [0.25, 0.3) is 5.78 Å². The minimum absolute atomic E-state index is 0.0462. The lowest BCUT2D eigenvalue weighted by Gasteiger charge is -2.22. The topological polar surface area (TPSA) is 83.4 Å². The van der Waals surface area contributed by atoms with Crippen molar-refractivity contribution in [2.45, 2.75) is 19.9 Å². The van der Waals surface area contributed by atoms with Gasteiger partial charge in [-0.2, -0.15) is 0 Å². The van der Waals surface area contributed by atoms with Crippen molar-refractivity contribution in [2.24, 2.45) is 0 Å². The summed E-state index contributed by atoms with van der Waals surface area (Å²) in [4.78, 5) is 27.2. The summed E-state index contributed by atoms with van der Waals surface area (Å²) in [5.74, 6) is -1.87. The highest BCUT2D eigenvalue weighted by Crippen LogP contribution is 2.43. The van der Waals surface area contributed by atoms with Crippen LogP contribution in [0, 0.1) is 13.8 Å². The van der Waals surface area contributed by atoms with Crippen LogP contribution in [0.15, 0.2) is 48.0 Å². The first-order chi connectivity index (χ1) is 14.3. The number of hydrogen-bond donors (Lipinski definition) is 1. The number of anilines is 1. The number of amides is 1. The van der Waals surface area contributed by atoms with E-state index in [1.165, 1.54) is 16.2 Å². The van der Waals surface area contributed by atoms with Gasteiger partial charge in [0.05, 0.1) is 21.7 Å². The van der Waals surface area contributed by atoms with Crippen molar-refractivity contribution in [3.05, 3.63) is 79.8 Å². The van der Waals surface area contributed by atoms with Gasteiger partial charge in [-0.05, 0) is 31.5 Å². The fourth-order valence-corrected chi connectivity index (χ4v) is 4.30. The number of hydrogen-bond acceptors (Lipinski definition) is 6. The van der Waals surface area contributed by atoms with Crippen molar-refractivity contribution in [3.8, 4) is 0 Å². The zero-order chi connectivity index (χ0) is 21.6. The van der Waals surface area contributed by atoms with Gasteiger partial charge in [-0.3, -0.25) is 14.5 Å². The molecule has 2 heterocycles. The Morgan fingerprint density at radius 2 is 1.73 bits per heavy atom. The number of benzene rings is 2. The second-order valence-corrected chi connectivity index (χ2v) is 8.79. The van der Waals surface area contributed by atoms with Crippen LogP contribution in [0.25, 0.3) is 5.76 Å². The van der Waals surface area contributed by atoms with Crippen LogP contribution in [0.2, 0.25) is 10.0 Å². The van der Waals surface area contributed by atoms with Crippen molar-refractivity contribution in [2.75, 3.05) is 4.90 Å². The SMILES string of the molecule is Cc1ccc(C(O)=C2C(=O)C(=O)N(c3nnc(C)s3)[C@@H]2c2ccc(Cl)c(Cl)c2)cc1. The lowest BCUT2D eigenvalue weighted by Crippen LogP contribution is -2.29. The summed E-state index contributed by atoms with van der Waals surface area (Å²) in [6, 6.07) is 10.9. The number of rotatable bonds is 3. The summed E-state index contributed by atoms with van der Waals surface area (Å²) in [6.45, 7) is 3.66. The van der Waals surface area contributed by atoms with E-state index in [1.54, 1.807) is 37.3 Å². The molecule has 2 aromatic carbocycles. The number of aromatic nitrogens is 2. The maximum absolute atomic E-state index is 13.0. The molecule has 0 spiro atoms. The maximum Gasteiger partial charge on any atom is 0.301 e. The smallest absolute Gasteiger partial charge is 0.301 e. The average molecular weight is 460 g/mol. The molecule has 3 aromatic rings. The Labute approximate surface area is 186 Å². The first-order valence-electron chi connectivity index (χ1n) is 8.91. The number of carbonyl (C=O) groups excluding carboxylic acids is 2. The lowest BCUT2D eigenvalue weighted by molar-refractivity contribution is -0.132. The van der Waals surface area contributed by atoms with Gasteiger partial charge in [0.2, 0.25) is 5.13 Å². The molecule has 1 fully saturated rings. The Morgan fingerprint density at radius 3 is 2.33 bits per heavy atom. The number of nitrogens with zero attached hydrogens (tertiary/aromatic N) is 3. The van der Waals surface area contributed by atoms with Gasteiger partial charge in [0.1, 0.15) is 10.8 Å². The van der Waals surface area contributed by atoms with E-state index in [4.69, 9.17) is 23.2 Å². The normalized spacial score (nSPS) is 18.3. The van der Waals surface area contributed by atoms with Gasteiger partial charge in [0, 0.05) is 5.56 Å². The molecule has 0 saturated carbocycles. The maximum atomic E-state index is 13.0. The third-order valence-corrected chi connectivity index (χ3v) is 6.33. The van der Waals surface area contributed by atoms with E-state index in [1.807, 2.05) is 19.1 Å². The minimum atomic E-state index is -0.923. The van der Waals surface area contributed by atoms with Crippen LogP contribution in [0.1, 0.15) is 27.7 Å². The van der Waals surface area contributed by atoms with Crippen molar-refractivity contribution in [1.29, 1.82) is 0 Å². The Morgan fingerprint density at radius 1 is 1.03 bits per heavy atom. The highest BCUT2D eigenvalue weighted by Gasteiger charge is 2.48. The monoisotopic (exact) mass is 459 g/mol. The zero-order valence-electron chi connectivity index (χ0n) is 15.9. The van der Waals surface area contributed by atoms with Gasteiger partial charge < -0.3 is 5.11 Å². The molecule has 4 rings (SSSR count). The second kappa shape index (κ2) is 7.83. The number of aryl methyl sites for hydroxylation is 2. The van der Waals surface area contributed by atoms with Crippen molar-refractivity contribution in [1.82, 2.24) is 10.2 Å². The number of Topliss-reactive ketones (excluding diaryl/α,β-unsaturated/α-hetero) is 1. The number of aliphatic hydroxyl groups excluding tert-OH is 1. The molecule has 0 bridgehead atoms. The van der Waals surface area contributed by atoms with Gasteiger partial charge in [-0.1, -0.05) is 70.4 Å². The number of aliphatic hydroxyl groups is 1. The number of carbonyl (C=O) groups is 2. The van der Waals surface area contributed by atoms with E-state index in [0.717, 1.165) is 5.56 Å². The molecule has 1 aliphatic rings. The van der Waals surface area contributed by atoms with Crippen LogP contribution in [-0.4, -0.2) is 27.0 Å². The van der Waals surface area contributed by atoms with Gasteiger partial charge in [0.15, 0.2) is 0 Å². The molecule has 1 amide bonds. The van der Waals surface area contributed by atoms with Crippen LogP contribution < -0.4 is 4.90 Å². The summed E-state index contributed by atoms with van der Waals surface area (Å²) in [6.07, 6.45) is 0. The minimum Gasteiger partial charge on any atom is -0.507 e. The Kier molecular flexibility index (Phi) is 5.36. The molecule has 152 valence electrons. The first-order valence-corrected chi connectivity index (χ1v) is 10.5. The zero-order valence-corrected chi connectivity index (χ0v) is 18.2. The molecule has 9 heteroatoms. The number of halogens is 2. The van der Waals surface area contributed by atoms with Gasteiger partial charge in [-0.15, -0.1) is 10.2 Å². The van der Waals surface area contributed by atoms with Crippen LogP contribution in [0.4, 0.5) is 5.13 Å². The molecule has 30 heavy (non-hydrogen) atoms. The van der Waals surface area contributed by atoms with Crippen LogP contribution >= 0.6 is 34.5 Å². The van der Waals surface area contributed by atoms with Crippen molar-refractivity contribution >= 4 is 57.1 Å². The van der Waals surface area contributed by atoms with E-state index < -0.39 is 17.7 Å². The fourth-order valence-electron chi connectivity index (χ4n) is 3.28. The summed E-state index contributed by atoms with van der Waals surface area (Å²) in [5.41, 5.74) is 1.90. The number of ketones is 1. The van der Waals surface area contributed by atoms with E-state index in [9.17, 15) is 14.7 Å². The van der Waals surface area contributed by atoms with E-state index >= 15 is 0 Å². The fraction of sp³-hybridized carbons (Fsp3) is 0.143. The highest BCUT2D eigenvalue weighted by molar-refractivity contribution is 7.15. The van der Waals surface area contributed by atoms with Crippen molar-refractivity contribution < 1.29 is 14.7 Å².